The Labute approximate surface area is 254 Å². The van der Waals surface area contributed by atoms with E-state index in [1.54, 1.807) is 25.1 Å². The van der Waals surface area contributed by atoms with E-state index in [0.717, 1.165) is 32.0 Å². The fourth-order valence-electron chi connectivity index (χ4n) is 4.53. The molecule has 0 saturated carbocycles. The fraction of sp³-hybridized carbons (Fsp3) is 0.188. The number of hydrogen-bond donors (Lipinski definition) is 1. The molecule has 0 aliphatic rings. The monoisotopic (exact) mass is 651 g/mol. The summed E-state index contributed by atoms with van der Waals surface area (Å²) >= 11 is 3.46. The number of sulfonamides is 1. The van der Waals surface area contributed by atoms with Crippen molar-refractivity contribution in [3.8, 4) is 0 Å². The zero-order valence-corrected chi connectivity index (χ0v) is 25.4. The fourth-order valence-corrected chi connectivity index (χ4v) is 6.42. The van der Waals surface area contributed by atoms with Crippen molar-refractivity contribution in [2.75, 3.05) is 17.4 Å². The molecule has 1 unspecified atom stereocenters. The molecule has 0 spiro atoms. The Hall–Kier alpha value is -4.02. The largest absolute Gasteiger partial charge is 0.355 e. The van der Waals surface area contributed by atoms with Crippen molar-refractivity contribution in [3.05, 3.63) is 131 Å². The number of likely N-dealkylation sites (N-methyl/N-ethyl adjacent to an activating group) is 1. The Balaban J connectivity index is 1.78. The second-order valence-electron chi connectivity index (χ2n) is 9.55. The van der Waals surface area contributed by atoms with Crippen molar-refractivity contribution >= 4 is 43.5 Å². The lowest BCUT2D eigenvalue weighted by Gasteiger charge is -2.33. The van der Waals surface area contributed by atoms with E-state index in [-0.39, 0.29) is 29.5 Å². The van der Waals surface area contributed by atoms with Gasteiger partial charge in [0.15, 0.2) is 0 Å². The number of benzene rings is 4. The summed E-state index contributed by atoms with van der Waals surface area (Å²) < 4.78 is 43.3. The summed E-state index contributed by atoms with van der Waals surface area (Å²) in [6.07, 6.45) is 0.217. The molecule has 0 aromatic heterocycles. The minimum atomic E-state index is -4.23. The van der Waals surface area contributed by atoms with Crippen molar-refractivity contribution in [2.24, 2.45) is 0 Å². The van der Waals surface area contributed by atoms with Crippen molar-refractivity contribution in [1.82, 2.24) is 10.2 Å². The predicted molar refractivity (Wildman–Crippen MR) is 165 cm³/mol. The standard InChI is InChI=1S/C32H31BrFN3O4S/c1-2-35-32(39)30(21-24-10-5-3-6-11-24)36(22-25-12-9-13-26(33)20-25)31(38)23-37(28-18-16-27(34)17-19-28)42(40,41)29-14-7-4-8-15-29/h3-20,30H,2,21-23H2,1H3,(H,35,39). The van der Waals surface area contributed by atoms with Gasteiger partial charge in [0, 0.05) is 24.0 Å². The molecule has 42 heavy (non-hydrogen) atoms. The molecule has 0 radical (unpaired) electrons. The first-order chi connectivity index (χ1) is 20.2. The second-order valence-corrected chi connectivity index (χ2v) is 12.3. The third-order valence-electron chi connectivity index (χ3n) is 6.59. The van der Waals surface area contributed by atoms with Crippen molar-refractivity contribution in [2.45, 2.75) is 30.8 Å². The van der Waals surface area contributed by atoms with Gasteiger partial charge < -0.3 is 10.2 Å². The van der Waals surface area contributed by atoms with E-state index >= 15 is 0 Å². The van der Waals surface area contributed by atoms with Crippen LogP contribution in [0.5, 0.6) is 0 Å². The van der Waals surface area contributed by atoms with Crippen LogP contribution in [0.2, 0.25) is 0 Å². The first-order valence-corrected chi connectivity index (χ1v) is 15.6. The minimum Gasteiger partial charge on any atom is -0.355 e. The third kappa shape index (κ3) is 7.83. The van der Waals surface area contributed by atoms with Gasteiger partial charge >= 0.3 is 0 Å². The second kappa shape index (κ2) is 14.2. The zero-order valence-electron chi connectivity index (χ0n) is 23.0. The van der Waals surface area contributed by atoms with Crippen molar-refractivity contribution in [1.29, 1.82) is 0 Å². The molecule has 4 rings (SSSR count). The first kappa shape index (κ1) is 30.9. The molecule has 218 valence electrons. The van der Waals surface area contributed by atoms with Crippen LogP contribution in [0.3, 0.4) is 0 Å². The van der Waals surface area contributed by atoms with E-state index in [1.165, 1.54) is 29.2 Å². The Morgan fingerprint density at radius 1 is 0.857 bits per heavy atom. The Morgan fingerprint density at radius 2 is 1.48 bits per heavy atom. The highest BCUT2D eigenvalue weighted by Crippen LogP contribution is 2.25. The summed E-state index contributed by atoms with van der Waals surface area (Å²) in [4.78, 5) is 29.1. The number of halogens is 2. The summed E-state index contributed by atoms with van der Waals surface area (Å²) in [5.41, 5.74) is 1.71. The lowest BCUT2D eigenvalue weighted by molar-refractivity contribution is -0.140. The van der Waals surface area contributed by atoms with Gasteiger partial charge in [0.05, 0.1) is 10.6 Å². The van der Waals surface area contributed by atoms with E-state index in [0.29, 0.717) is 6.54 Å². The molecule has 0 aliphatic carbocycles. The van der Waals surface area contributed by atoms with Crippen LogP contribution in [-0.2, 0) is 32.6 Å². The quantitative estimate of drug-likeness (QED) is 0.217. The van der Waals surface area contributed by atoms with Gasteiger partial charge in [0.2, 0.25) is 11.8 Å². The summed E-state index contributed by atoms with van der Waals surface area (Å²) in [5, 5.41) is 2.83. The Morgan fingerprint density at radius 3 is 2.10 bits per heavy atom. The van der Waals surface area contributed by atoms with Crippen LogP contribution >= 0.6 is 15.9 Å². The van der Waals surface area contributed by atoms with Gasteiger partial charge in [-0.25, -0.2) is 12.8 Å². The number of carbonyl (C=O) groups excluding carboxylic acids is 2. The molecule has 0 fully saturated rings. The average molecular weight is 653 g/mol. The predicted octanol–water partition coefficient (Wildman–Crippen LogP) is 5.56. The number of amides is 2. The van der Waals surface area contributed by atoms with Gasteiger partial charge in [0.25, 0.3) is 10.0 Å². The third-order valence-corrected chi connectivity index (χ3v) is 8.87. The van der Waals surface area contributed by atoms with E-state index in [1.807, 2.05) is 54.6 Å². The van der Waals surface area contributed by atoms with Crippen LogP contribution in [0.1, 0.15) is 18.1 Å². The summed E-state index contributed by atoms with van der Waals surface area (Å²) in [7, 11) is -4.23. The average Bonchev–Trinajstić information content (AvgIpc) is 2.99. The Bertz CT molecular complexity index is 1600. The van der Waals surface area contributed by atoms with Crippen LogP contribution in [0.4, 0.5) is 10.1 Å². The lowest BCUT2D eigenvalue weighted by Crippen LogP contribution is -2.53. The van der Waals surface area contributed by atoms with Crippen LogP contribution in [0, 0.1) is 5.82 Å². The topological polar surface area (TPSA) is 86.8 Å². The van der Waals surface area contributed by atoms with Crippen LogP contribution in [-0.4, -0.2) is 44.3 Å². The number of carbonyl (C=O) groups is 2. The molecule has 2 amide bonds. The highest BCUT2D eigenvalue weighted by atomic mass is 79.9. The number of nitrogens with zero attached hydrogens (tertiary/aromatic N) is 2. The van der Waals surface area contributed by atoms with Gasteiger partial charge in [-0.15, -0.1) is 0 Å². The smallest absolute Gasteiger partial charge is 0.264 e. The lowest BCUT2D eigenvalue weighted by atomic mass is 10.0. The van der Waals surface area contributed by atoms with E-state index in [9.17, 15) is 22.4 Å². The normalized spacial score (nSPS) is 11.9. The van der Waals surface area contributed by atoms with Gasteiger partial charge in [0.1, 0.15) is 18.4 Å². The van der Waals surface area contributed by atoms with Crippen LogP contribution < -0.4 is 9.62 Å². The molecular weight excluding hydrogens is 621 g/mol. The molecule has 1 atom stereocenters. The molecule has 4 aromatic rings. The van der Waals surface area contributed by atoms with Crippen molar-refractivity contribution in [3.63, 3.8) is 0 Å². The number of rotatable bonds is 12. The van der Waals surface area contributed by atoms with Gasteiger partial charge in [-0.1, -0.05) is 76.6 Å². The van der Waals surface area contributed by atoms with Gasteiger partial charge in [-0.2, -0.15) is 0 Å². The van der Waals surface area contributed by atoms with E-state index in [4.69, 9.17) is 0 Å². The Kier molecular flexibility index (Phi) is 10.5. The molecule has 4 aromatic carbocycles. The maximum absolute atomic E-state index is 14.3. The molecular formula is C32H31BrFN3O4S. The maximum atomic E-state index is 14.3. The van der Waals surface area contributed by atoms with E-state index < -0.39 is 34.3 Å². The molecule has 0 saturated heterocycles. The van der Waals surface area contributed by atoms with Gasteiger partial charge in [-0.05, 0) is 66.6 Å². The molecule has 0 bridgehead atoms. The molecule has 1 N–H and O–H groups in total. The molecule has 10 heteroatoms. The van der Waals surface area contributed by atoms with Crippen molar-refractivity contribution < 1.29 is 22.4 Å². The molecule has 0 aliphatic heterocycles. The molecule has 0 heterocycles. The first-order valence-electron chi connectivity index (χ1n) is 13.4. The number of nitrogens with one attached hydrogen (secondary N) is 1. The van der Waals surface area contributed by atoms with E-state index in [2.05, 4.69) is 21.2 Å². The number of anilines is 1. The maximum Gasteiger partial charge on any atom is 0.264 e. The van der Waals surface area contributed by atoms with Crippen LogP contribution in [0.15, 0.2) is 119 Å². The SMILES string of the molecule is CCNC(=O)C(Cc1ccccc1)N(Cc1cccc(Br)c1)C(=O)CN(c1ccc(F)cc1)S(=O)(=O)c1ccccc1. The summed E-state index contributed by atoms with van der Waals surface area (Å²) in [6, 6.07) is 28.4. The highest BCUT2D eigenvalue weighted by Gasteiger charge is 2.34. The molecule has 7 nitrogen and oxygen atoms in total. The minimum absolute atomic E-state index is 0.0229. The summed E-state index contributed by atoms with van der Waals surface area (Å²) in [5.74, 6) is -1.49. The number of hydrogen-bond acceptors (Lipinski definition) is 4. The zero-order chi connectivity index (χ0) is 30.1. The van der Waals surface area contributed by atoms with Gasteiger partial charge in [-0.3, -0.25) is 13.9 Å². The van der Waals surface area contributed by atoms with Crippen LogP contribution in [0.25, 0.3) is 0 Å². The highest BCUT2D eigenvalue weighted by molar-refractivity contribution is 9.10. The summed E-state index contributed by atoms with van der Waals surface area (Å²) in [6.45, 7) is 1.59.